The number of benzene rings is 1. The maximum Gasteiger partial charge on any atom is 0.242 e. The third-order valence-electron chi connectivity index (χ3n) is 3.29. The molecule has 1 heterocycles. The minimum Gasteiger partial charge on any atom is -0.392 e. The molecule has 2 N–H and O–H groups in total. The van der Waals surface area contributed by atoms with Gasteiger partial charge >= 0.3 is 0 Å². The molecule has 0 atom stereocenters. The molecular formula is C13H19ClN2O4S. The SMILES string of the molecule is O=S(=O)(NCCN1CCOCC1)c1cc(CO)ccc1Cl. The van der Waals surface area contributed by atoms with Crippen LogP contribution in [0.25, 0.3) is 0 Å². The van der Waals surface area contributed by atoms with Gasteiger partial charge in [-0.1, -0.05) is 17.7 Å². The van der Waals surface area contributed by atoms with Crippen LogP contribution in [0.1, 0.15) is 5.56 Å². The molecule has 21 heavy (non-hydrogen) atoms. The monoisotopic (exact) mass is 334 g/mol. The third kappa shape index (κ3) is 4.64. The number of nitrogens with one attached hydrogen (secondary N) is 1. The third-order valence-corrected chi connectivity index (χ3v) is 5.23. The van der Waals surface area contributed by atoms with Crippen LogP contribution in [0.3, 0.4) is 0 Å². The van der Waals surface area contributed by atoms with Crippen LogP contribution in [0.15, 0.2) is 23.1 Å². The fourth-order valence-electron chi connectivity index (χ4n) is 2.09. The van der Waals surface area contributed by atoms with E-state index in [9.17, 15) is 8.42 Å². The highest BCUT2D eigenvalue weighted by Crippen LogP contribution is 2.22. The second kappa shape index (κ2) is 7.53. The van der Waals surface area contributed by atoms with Gasteiger partial charge in [0.1, 0.15) is 4.90 Å². The Morgan fingerprint density at radius 3 is 2.71 bits per heavy atom. The summed E-state index contributed by atoms with van der Waals surface area (Å²) in [6, 6.07) is 4.46. The van der Waals surface area contributed by atoms with Gasteiger partial charge in [0.25, 0.3) is 0 Å². The summed E-state index contributed by atoms with van der Waals surface area (Å²) in [5.41, 5.74) is 0.507. The molecule has 1 aromatic carbocycles. The molecule has 0 aliphatic carbocycles. The largest absolute Gasteiger partial charge is 0.392 e. The van der Waals surface area contributed by atoms with Crippen LogP contribution >= 0.6 is 11.6 Å². The van der Waals surface area contributed by atoms with Crippen LogP contribution in [0, 0.1) is 0 Å². The minimum absolute atomic E-state index is 0.00214. The zero-order valence-electron chi connectivity index (χ0n) is 11.6. The number of halogens is 1. The lowest BCUT2D eigenvalue weighted by atomic mass is 10.2. The molecule has 2 rings (SSSR count). The van der Waals surface area contributed by atoms with Crippen LogP contribution < -0.4 is 4.72 Å². The Balaban J connectivity index is 1.97. The number of sulfonamides is 1. The molecule has 0 saturated carbocycles. The van der Waals surface area contributed by atoms with Crippen molar-refractivity contribution in [1.29, 1.82) is 0 Å². The van der Waals surface area contributed by atoms with E-state index in [2.05, 4.69) is 9.62 Å². The van der Waals surface area contributed by atoms with E-state index in [1.807, 2.05) is 0 Å². The standard InChI is InChI=1S/C13H19ClN2O4S/c14-12-2-1-11(10-17)9-13(12)21(18,19)15-3-4-16-5-7-20-8-6-16/h1-2,9,15,17H,3-8,10H2. The van der Waals surface area contributed by atoms with Crippen molar-refractivity contribution < 1.29 is 18.3 Å². The summed E-state index contributed by atoms with van der Waals surface area (Å²) in [6.07, 6.45) is 0. The van der Waals surface area contributed by atoms with E-state index in [0.29, 0.717) is 31.9 Å². The highest BCUT2D eigenvalue weighted by molar-refractivity contribution is 7.89. The Morgan fingerprint density at radius 2 is 2.05 bits per heavy atom. The van der Waals surface area contributed by atoms with Gasteiger partial charge in [0, 0.05) is 26.2 Å². The molecule has 0 amide bonds. The molecule has 1 fully saturated rings. The summed E-state index contributed by atoms with van der Waals surface area (Å²) in [4.78, 5) is 2.13. The summed E-state index contributed by atoms with van der Waals surface area (Å²) < 4.78 is 32.3. The minimum atomic E-state index is -3.68. The first kappa shape index (κ1) is 16.7. The van der Waals surface area contributed by atoms with Gasteiger partial charge in [-0.2, -0.15) is 0 Å². The molecule has 0 radical (unpaired) electrons. The Bertz CT molecular complexity index is 574. The second-order valence-electron chi connectivity index (χ2n) is 4.77. The van der Waals surface area contributed by atoms with Crippen LogP contribution in [-0.4, -0.2) is 57.8 Å². The van der Waals surface area contributed by atoms with Gasteiger partial charge in [-0.3, -0.25) is 4.90 Å². The second-order valence-corrected chi connectivity index (χ2v) is 6.92. The number of hydrogen-bond acceptors (Lipinski definition) is 5. The Morgan fingerprint density at radius 1 is 1.33 bits per heavy atom. The lowest BCUT2D eigenvalue weighted by molar-refractivity contribution is 0.0390. The van der Waals surface area contributed by atoms with Crippen molar-refractivity contribution in [3.05, 3.63) is 28.8 Å². The molecule has 6 nitrogen and oxygen atoms in total. The van der Waals surface area contributed by atoms with Crippen LogP contribution in [-0.2, 0) is 21.4 Å². The van der Waals surface area contributed by atoms with Gasteiger partial charge in [-0.25, -0.2) is 13.1 Å². The maximum atomic E-state index is 12.2. The average Bonchev–Trinajstić information content (AvgIpc) is 2.48. The van der Waals surface area contributed by atoms with E-state index in [1.54, 1.807) is 6.07 Å². The molecule has 0 unspecified atom stereocenters. The molecule has 0 spiro atoms. The van der Waals surface area contributed by atoms with Gasteiger partial charge in [0.05, 0.1) is 24.8 Å². The van der Waals surface area contributed by atoms with E-state index in [1.165, 1.54) is 12.1 Å². The Hall–Kier alpha value is -0.700. The first-order valence-corrected chi connectivity index (χ1v) is 8.58. The van der Waals surface area contributed by atoms with Gasteiger partial charge in [0.15, 0.2) is 0 Å². The molecular weight excluding hydrogens is 316 g/mol. The van der Waals surface area contributed by atoms with Crippen molar-refractivity contribution in [2.45, 2.75) is 11.5 Å². The summed E-state index contributed by atoms with van der Waals surface area (Å²) >= 11 is 5.94. The van der Waals surface area contributed by atoms with Crippen LogP contribution in [0.4, 0.5) is 0 Å². The first-order valence-electron chi connectivity index (χ1n) is 6.72. The number of morpholine rings is 1. The van der Waals surface area contributed by atoms with Gasteiger partial charge in [-0.15, -0.1) is 0 Å². The van der Waals surface area contributed by atoms with Crippen molar-refractivity contribution >= 4 is 21.6 Å². The quantitative estimate of drug-likeness (QED) is 0.789. The van der Waals surface area contributed by atoms with Crippen molar-refractivity contribution in [2.24, 2.45) is 0 Å². The van der Waals surface area contributed by atoms with Crippen molar-refractivity contribution in [2.75, 3.05) is 39.4 Å². The number of nitrogens with zero attached hydrogens (tertiary/aromatic N) is 1. The molecule has 0 aromatic heterocycles. The summed E-state index contributed by atoms with van der Waals surface area (Å²) in [7, 11) is -3.68. The fourth-order valence-corrected chi connectivity index (χ4v) is 3.66. The molecule has 0 bridgehead atoms. The number of rotatable bonds is 6. The zero-order valence-corrected chi connectivity index (χ0v) is 13.2. The van der Waals surface area contributed by atoms with Crippen molar-refractivity contribution in [1.82, 2.24) is 9.62 Å². The lowest BCUT2D eigenvalue weighted by Crippen LogP contribution is -2.41. The molecule has 1 aromatic rings. The molecule has 1 saturated heterocycles. The number of aliphatic hydroxyl groups is 1. The highest BCUT2D eigenvalue weighted by Gasteiger charge is 2.19. The van der Waals surface area contributed by atoms with E-state index >= 15 is 0 Å². The maximum absolute atomic E-state index is 12.2. The van der Waals surface area contributed by atoms with Gasteiger partial charge in [-0.05, 0) is 17.7 Å². The average molecular weight is 335 g/mol. The van der Waals surface area contributed by atoms with E-state index < -0.39 is 10.0 Å². The highest BCUT2D eigenvalue weighted by atomic mass is 35.5. The summed E-state index contributed by atoms with van der Waals surface area (Å²) in [5, 5.41) is 9.23. The van der Waals surface area contributed by atoms with Gasteiger partial charge < -0.3 is 9.84 Å². The molecule has 1 aliphatic rings. The molecule has 8 heteroatoms. The van der Waals surface area contributed by atoms with E-state index in [4.69, 9.17) is 21.4 Å². The molecule has 1 aliphatic heterocycles. The van der Waals surface area contributed by atoms with E-state index in [-0.39, 0.29) is 16.5 Å². The van der Waals surface area contributed by atoms with Crippen molar-refractivity contribution in [3.63, 3.8) is 0 Å². The smallest absolute Gasteiger partial charge is 0.242 e. The summed E-state index contributed by atoms with van der Waals surface area (Å²) in [6.45, 7) is 3.68. The normalized spacial score (nSPS) is 17.0. The number of ether oxygens (including phenoxy) is 1. The van der Waals surface area contributed by atoms with Crippen LogP contribution in [0.2, 0.25) is 5.02 Å². The van der Waals surface area contributed by atoms with Gasteiger partial charge in [0.2, 0.25) is 10.0 Å². The van der Waals surface area contributed by atoms with E-state index in [0.717, 1.165) is 13.1 Å². The zero-order chi connectivity index (χ0) is 15.3. The Labute approximate surface area is 129 Å². The lowest BCUT2D eigenvalue weighted by Gasteiger charge is -2.26. The predicted molar refractivity (Wildman–Crippen MR) is 79.8 cm³/mol. The number of hydrogen-bond donors (Lipinski definition) is 2. The predicted octanol–water partition coefficient (Wildman–Crippen LogP) is 0.443. The van der Waals surface area contributed by atoms with Crippen molar-refractivity contribution in [3.8, 4) is 0 Å². The number of aliphatic hydroxyl groups excluding tert-OH is 1. The Kier molecular flexibility index (Phi) is 5.98. The summed E-state index contributed by atoms with van der Waals surface area (Å²) in [5.74, 6) is 0. The first-order chi connectivity index (χ1) is 10.0. The molecule has 118 valence electrons. The fraction of sp³-hybridized carbons (Fsp3) is 0.538. The van der Waals surface area contributed by atoms with Crippen LogP contribution in [0.5, 0.6) is 0 Å². The topological polar surface area (TPSA) is 78.9 Å².